The molecule has 1 aliphatic heterocycles. The number of amides is 1. The molecule has 0 bridgehead atoms. The van der Waals surface area contributed by atoms with Crippen LogP contribution in [-0.2, 0) is 0 Å². The second-order valence-electron chi connectivity index (χ2n) is 6.18. The van der Waals surface area contributed by atoms with Crippen LogP contribution in [0, 0.1) is 19.7 Å². The van der Waals surface area contributed by atoms with Crippen molar-refractivity contribution in [2.75, 3.05) is 31.1 Å². The van der Waals surface area contributed by atoms with E-state index in [0.717, 1.165) is 16.9 Å². The summed E-state index contributed by atoms with van der Waals surface area (Å²) >= 11 is 9.18. The number of piperazine rings is 1. The van der Waals surface area contributed by atoms with Gasteiger partial charge >= 0.3 is 0 Å². The van der Waals surface area contributed by atoms with Crippen LogP contribution in [0.1, 0.15) is 21.5 Å². The minimum atomic E-state index is -0.495. The molecule has 2 aromatic rings. The molecule has 7 heteroatoms. The van der Waals surface area contributed by atoms with Crippen LogP contribution in [0.25, 0.3) is 0 Å². The fourth-order valence-electron chi connectivity index (χ4n) is 3.02. The third kappa shape index (κ3) is 3.80. The van der Waals surface area contributed by atoms with Crippen LogP contribution >= 0.6 is 27.5 Å². The summed E-state index contributed by atoms with van der Waals surface area (Å²) in [7, 11) is 0. The summed E-state index contributed by atoms with van der Waals surface area (Å²) in [6.07, 6.45) is 1.85. The normalized spacial score (nSPS) is 14.8. The Morgan fingerprint density at radius 3 is 2.52 bits per heavy atom. The Kier molecular flexibility index (Phi) is 5.29. The van der Waals surface area contributed by atoms with Crippen molar-refractivity contribution in [1.29, 1.82) is 0 Å². The van der Waals surface area contributed by atoms with Crippen molar-refractivity contribution < 1.29 is 9.18 Å². The number of benzene rings is 1. The van der Waals surface area contributed by atoms with E-state index in [9.17, 15) is 9.18 Å². The Balaban J connectivity index is 1.72. The summed E-state index contributed by atoms with van der Waals surface area (Å²) in [5.74, 6) is 0.209. The summed E-state index contributed by atoms with van der Waals surface area (Å²) in [4.78, 5) is 21.0. The average Bonchev–Trinajstić information content (AvgIpc) is 2.58. The zero-order valence-corrected chi connectivity index (χ0v) is 16.4. The van der Waals surface area contributed by atoms with Gasteiger partial charge in [0.2, 0.25) is 0 Å². The number of halogens is 3. The minimum Gasteiger partial charge on any atom is -0.353 e. The van der Waals surface area contributed by atoms with Gasteiger partial charge in [0.1, 0.15) is 11.6 Å². The Morgan fingerprint density at radius 1 is 1.20 bits per heavy atom. The van der Waals surface area contributed by atoms with Gasteiger partial charge in [0.25, 0.3) is 5.91 Å². The SMILES string of the molecule is Cc1cnc(N2CCN(C(=O)c3cc(F)c(Br)cc3Cl)CC2)c(C)c1. The summed E-state index contributed by atoms with van der Waals surface area (Å²) in [5.41, 5.74) is 2.44. The summed E-state index contributed by atoms with van der Waals surface area (Å²) in [5, 5.41) is 0.247. The van der Waals surface area contributed by atoms with Crippen molar-refractivity contribution in [2.24, 2.45) is 0 Å². The lowest BCUT2D eigenvalue weighted by atomic mass is 10.1. The number of hydrogen-bond acceptors (Lipinski definition) is 3. The topological polar surface area (TPSA) is 36.4 Å². The molecule has 0 spiro atoms. The van der Waals surface area contributed by atoms with Crippen LogP contribution in [0.15, 0.2) is 28.9 Å². The molecule has 0 saturated carbocycles. The Hall–Kier alpha value is -1.66. The molecular formula is C18H18BrClFN3O. The lowest BCUT2D eigenvalue weighted by Crippen LogP contribution is -2.49. The largest absolute Gasteiger partial charge is 0.353 e. The first-order valence-electron chi connectivity index (χ1n) is 7.99. The van der Waals surface area contributed by atoms with Crippen LogP contribution in [0.5, 0.6) is 0 Å². The van der Waals surface area contributed by atoms with Gasteiger partial charge in [-0.2, -0.15) is 0 Å². The molecule has 0 aliphatic carbocycles. The number of anilines is 1. The van der Waals surface area contributed by atoms with E-state index in [1.54, 1.807) is 4.90 Å². The molecule has 1 aromatic carbocycles. The van der Waals surface area contributed by atoms with Crippen LogP contribution < -0.4 is 4.90 Å². The van der Waals surface area contributed by atoms with Gasteiger partial charge in [-0.1, -0.05) is 17.7 Å². The highest BCUT2D eigenvalue weighted by Crippen LogP contribution is 2.26. The van der Waals surface area contributed by atoms with Gasteiger partial charge in [0.15, 0.2) is 0 Å². The maximum absolute atomic E-state index is 13.8. The standard InChI is InChI=1S/C18H18BrClFN3O/c1-11-7-12(2)17(22-10-11)23-3-5-24(6-4-23)18(25)13-8-16(21)14(19)9-15(13)20/h7-10H,3-6H2,1-2H3. The summed E-state index contributed by atoms with van der Waals surface area (Å²) < 4.78 is 14.0. The number of hydrogen-bond donors (Lipinski definition) is 0. The first kappa shape index (κ1) is 18.1. The van der Waals surface area contributed by atoms with Crippen LogP contribution in [-0.4, -0.2) is 42.0 Å². The van der Waals surface area contributed by atoms with Crippen molar-refractivity contribution in [2.45, 2.75) is 13.8 Å². The maximum atomic E-state index is 13.8. The third-order valence-electron chi connectivity index (χ3n) is 4.29. The Morgan fingerprint density at radius 2 is 1.88 bits per heavy atom. The molecule has 1 amide bonds. The zero-order chi connectivity index (χ0) is 18.1. The second-order valence-corrected chi connectivity index (χ2v) is 7.44. The van der Waals surface area contributed by atoms with E-state index in [2.05, 4.69) is 31.9 Å². The van der Waals surface area contributed by atoms with Gasteiger partial charge in [-0.05, 0) is 53.0 Å². The summed E-state index contributed by atoms with van der Waals surface area (Å²) in [6, 6.07) is 4.71. The molecule has 0 N–H and O–H groups in total. The van der Waals surface area contributed by atoms with Crippen LogP contribution in [0.3, 0.4) is 0 Å². The smallest absolute Gasteiger partial charge is 0.255 e. The second kappa shape index (κ2) is 7.30. The molecule has 4 nitrogen and oxygen atoms in total. The lowest BCUT2D eigenvalue weighted by Gasteiger charge is -2.36. The number of carbonyl (C=O) groups excluding carboxylic acids is 1. The molecule has 132 valence electrons. The van der Waals surface area contributed by atoms with E-state index in [1.165, 1.54) is 12.1 Å². The molecule has 0 unspecified atom stereocenters. The van der Waals surface area contributed by atoms with Gasteiger partial charge in [-0.3, -0.25) is 4.79 Å². The highest BCUT2D eigenvalue weighted by Gasteiger charge is 2.25. The molecule has 1 aromatic heterocycles. The molecule has 3 rings (SSSR count). The molecule has 1 fully saturated rings. The number of nitrogens with zero attached hydrogens (tertiary/aromatic N) is 3. The number of pyridine rings is 1. The predicted octanol–water partition coefficient (Wildman–Crippen LogP) is 4.22. The maximum Gasteiger partial charge on any atom is 0.255 e. The van der Waals surface area contributed by atoms with Gasteiger partial charge in [0, 0.05) is 32.4 Å². The van der Waals surface area contributed by atoms with Gasteiger partial charge in [-0.25, -0.2) is 9.37 Å². The molecule has 25 heavy (non-hydrogen) atoms. The van der Waals surface area contributed by atoms with Crippen molar-refractivity contribution in [1.82, 2.24) is 9.88 Å². The number of aromatic nitrogens is 1. The van der Waals surface area contributed by atoms with Crippen LogP contribution in [0.4, 0.5) is 10.2 Å². The Labute approximate surface area is 159 Å². The molecule has 1 aliphatic rings. The highest BCUT2D eigenvalue weighted by atomic mass is 79.9. The average molecular weight is 427 g/mol. The first-order valence-corrected chi connectivity index (χ1v) is 9.16. The van der Waals surface area contributed by atoms with Crippen molar-refractivity contribution in [3.63, 3.8) is 0 Å². The van der Waals surface area contributed by atoms with Gasteiger partial charge in [0.05, 0.1) is 15.1 Å². The number of rotatable bonds is 2. The van der Waals surface area contributed by atoms with Gasteiger partial charge < -0.3 is 9.80 Å². The first-order chi connectivity index (χ1) is 11.9. The number of aryl methyl sites for hydroxylation is 2. The lowest BCUT2D eigenvalue weighted by molar-refractivity contribution is 0.0746. The predicted molar refractivity (Wildman–Crippen MR) is 101 cm³/mol. The quantitative estimate of drug-likeness (QED) is 0.675. The number of carbonyl (C=O) groups is 1. The molecular weight excluding hydrogens is 409 g/mol. The van der Waals surface area contributed by atoms with E-state index >= 15 is 0 Å². The van der Waals surface area contributed by atoms with E-state index < -0.39 is 5.82 Å². The van der Waals surface area contributed by atoms with E-state index in [1.807, 2.05) is 20.0 Å². The van der Waals surface area contributed by atoms with E-state index in [0.29, 0.717) is 26.2 Å². The van der Waals surface area contributed by atoms with E-state index in [-0.39, 0.29) is 21.0 Å². The van der Waals surface area contributed by atoms with Crippen molar-refractivity contribution in [3.8, 4) is 0 Å². The third-order valence-corrected chi connectivity index (χ3v) is 5.21. The molecule has 2 heterocycles. The van der Waals surface area contributed by atoms with Gasteiger partial charge in [-0.15, -0.1) is 0 Å². The highest BCUT2D eigenvalue weighted by molar-refractivity contribution is 9.10. The fraction of sp³-hybridized carbons (Fsp3) is 0.333. The Bertz CT molecular complexity index is 822. The summed E-state index contributed by atoms with van der Waals surface area (Å²) in [6.45, 7) is 6.50. The zero-order valence-electron chi connectivity index (χ0n) is 14.0. The molecule has 0 radical (unpaired) electrons. The van der Waals surface area contributed by atoms with Crippen molar-refractivity contribution in [3.05, 3.63) is 56.4 Å². The fourth-order valence-corrected chi connectivity index (χ4v) is 3.74. The molecule has 0 atom stereocenters. The van der Waals surface area contributed by atoms with Crippen LogP contribution in [0.2, 0.25) is 5.02 Å². The minimum absolute atomic E-state index is 0.195. The van der Waals surface area contributed by atoms with E-state index in [4.69, 9.17) is 11.6 Å². The van der Waals surface area contributed by atoms with Crippen molar-refractivity contribution >= 4 is 39.3 Å². The monoisotopic (exact) mass is 425 g/mol. The molecule has 1 saturated heterocycles.